The maximum Gasteiger partial charge on any atom is 0.277 e. The number of aromatic nitrogens is 2. The molecular weight excluding hydrogens is 374 g/mol. The Kier molecular flexibility index (Phi) is 5.80. The van der Waals surface area contributed by atoms with E-state index in [2.05, 4.69) is 15.5 Å². The summed E-state index contributed by atoms with van der Waals surface area (Å²) in [4.78, 5) is 12.1. The third kappa shape index (κ3) is 4.36. The molecule has 1 amide bonds. The van der Waals surface area contributed by atoms with Crippen LogP contribution in [0, 0.1) is 6.92 Å². The van der Waals surface area contributed by atoms with E-state index in [0.29, 0.717) is 21.6 Å². The summed E-state index contributed by atoms with van der Waals surface area (Å²) in [6.07, 6.45) is 0. The van der Waals surface area contributed by atoms with Crippen LogP contribution in [0.25, 0.3) is 11.5 Å². The molecule has 1 heterocycles. The lowest BCUT2D eigenvalue weighted by atomic mass is 10.2. The van der Waals surface area contributed by atoms with Gasteiger partial charge in [0, 0.05) is 10.7 Å². The molecule has 134 valence electrons. The second-order valence-corrected chi connectivity index (χ2v) is 6.73. The molecule has 0 saturated heterocycles. The van der Waals surface area contributed by atoms with Gasteiger partial charge in [-0.05, 0) is 36.8 Å². The molecule has 0 aliphatic carbocycles. The van der Waals surface area contributed by atoms with Crippen LogP contribution in [0.2, 0.25) is 5.02 Å². The average molecular weight is 390 g/mol. The number of nitrogens with one attached hydrogen (secondary N) is 1. The van der Waals surface area contributed by atoms with E-state index in [1.165, 1.54) is 0 Å². The number of halogens is 1. The van der Waals surface area contributed by atoms with Crippen molar-refractivity contribution in [2.24, 2.45) is 0 Å². The van der Waals surface area contributed by atoms with Crippen LogP contribution in [-0.2, 0) is 4.79 Å². The van der Waals surface area contributed by atoms with Gasteiger partial charge >= 0.3 is 0 Å². The van der Waals surface area contributed by atoms with Crippen LogP contribution in [0.15, 0.2) is 52.1 Å². The summed E-state index contributed by atoms with van der Waals surface area (Å²) >= 11 is 7.18. The minimum Gasteiger partial charge on any atom is -0.496 e. The summed E-state index contributed by atoms with van der Waals surface area (Å²) in [5.74, 6) is 0.866. The van der Waals surface area contributed by atoms with Crippen molar-refractivity contribution in [3.8, 4) is 17.2 Å². The molecule has 0 atom stereocenters. The van der Waals surface area contributed by atoms with Gasteiger partial charge in [-0.25, -0.2) is 0 Å². The molecule has 3 rings (SSSR count). The number of benzene rings is 2. The zero-order valence-corrected chi connectivity index (χ0v) is 15.7. The number of rotatable bonds is 6. The fourth-order valence-electron chi connectivity index (χ4n) is 2.25. The smallest absolute Gasteiger partial charge is 0.277 e. The van der Waals surface area contributed by atoms with Crippen LogP contribution in [0.3, 0.4) is 0 Å². The van der Waals surface area contributed by atoms with Gasteiger partial charge in [-0.3, -0.25) is 4.79 Å². The third-order valence-electron chi connectivity index (χ3n) is 3.54. The summed E-state index contributed by atoms with van der Waals surface area (Å²) in [7, 11) is 1.55. The SMILES string of the molecule is COc1ccc(Cl)cc1-c1nnc(SCC(=O)Nc2ccccc2C)o1. The molecule has 0 bridgehead atoms. The second kappa shape index (κ2) is 8.25. The molecule has 8 heteroatoms. The van der Waals surface area contributed by atoms with Crippen LogP contribution in [0.4, 0.5) is 5.69 Å². The van der Waals surface area contributed by atoms with Crippen molar-refractivity contribution >= 4 is 35.0 Å². The van der Waals surface area contributed by atoms with Crippen molar-refractivity contribution in [2.45, 2.75) is 12.1 Å². The van der Waals surface area contributed by atoms with Crippen molar-refractivity contribution in [1.82, 2.24) is 10.2 Å². The van der Waals surface area contributed by atoms with Crippen molar-refractivity contribution in [3.05, 3.63) is 53.1 Å². The van der Waals surface area contributed by atoms with Gasteiger partial charge in [-0.1, -0.05) is 41.6 Å². The summed E-state index contributed by atoms with van der Waals surface area (Å²) in [5, 5.41) is 11.7. The lowest BCUT2D eigenvalue weighted by molar-refractivity contribution is -0.113. The number of aryl methyl sites for hydroxylation is 1. The topological polar surface area (TPSA) is 77.2 Å². The van der Waals surface area contributed by atoms with Crippen molar-refractivity contribution in [3.63, 3.8) is 0 Å². The standard InChI is InChI=1S/C18H16ClN3O3S/c1-11-5-3-4-6-14(11)20-16(23)10-26-18-22-21-17(25-18)13-9-12(19)7-8-15(13)24-2/h3-9H,10H2,1-2H3,(H,20,23). The van der Waals surface area contributed by atoms with Gasteiger partial charge < -0.3 is 14.5 Å². The number of para-hydroxylation sites is 1. The maximum absolute atomic E-state index is 12.1. The Hall–Kier alpha value is -2.51. The number of carbonyl (C=O) groups excluding carboxylic acids is 1. The molecular formula is C18H16ClN3O3S. The number of ether oxygens (including phenoxy) is 1. The van der Waals surface area contributed by atoms with Gasteiger partial charge in [0.2, 0.25) is 5.91 Å². The molecule has 0 radical (unpaired) electrons. The number of hydrogen-bond acceptors (Lipinski definition) is 6. The Morgan fingerprint density at radius 2 is 2.08 bits per heavy atom. The molecule has 0 aliphatic rings. The molecule has 1 N–H and O–H groups in total. The zero-order chi connectivity index (χ0) is 18.5. The predicted octanol–water partition coefficient (Wildman–Crippen LogP) is 4.44. The molecule has 6 nitrogen and oxygen atoms in total. The first-order chi connectivity index (χ1) is 12.6. The first kappa shape index (κ1) is 18.3. The minimum absolute atomic E-state index is 0.149. The first-order valence-electron chi connectivity index (χ1n) is 7.72. The van der Waals surface area contributed by atoms with Crippen LogP contribution in [0.1, 0.15) is 5.56 Å². The van der Waals surface area contributed by atoms with Crippen LogP contribution >= 0.6 is 23.4 Å². The lowest BCUT2D eigenvalue weighted by Gasteiger charge is -2.06. The van der Waals surface area contributed by atoms with E-state index in [0.717, 1.165) is 23.0 Å². The van der Waals surface area contributed by atoms with Crippen LogP contribution < -0.4 is 10.1 Å². The highest BCUT2D eigenvalue weighted by molar-refractivity contribution is 7.99. The van der Waals surface area contributed by atoms with Crippen molar-refractivity contribution in [1.29, 1.82) is 0 Å². The fourth-order valence-corrected chi connectivity index (χ4v) is 2.99. The van der Waals surface area contributed by atoms with E-state index in [1.807, 2.05) is 31.2 Å². The monoisotopic (exact) mass is 389 g/mol. The van der Waals surface area contributed by atoms with E-state index < -0.39 is 0 Å². The number of hydrogen-bond donors (Lipinski definition) is 1. The van der Waals surface area contributed by atoms with E-state index in [1.54, 1.807) is 25.3 Å². The van der Waals surface area contributed by atoms with Gasteiger partial charge in [-0.15, -0.1) is 10.2 Å². The number of amides is 1. The van der Waals surface area contributed by atoms with Gasteiger partial charge in [0.05, 0.1) is 18.4 Å². The fraction of sp³-hybridized carbons (Fsp3) is 0.167. The molecule has 0 saturated carbocycles. The Bertz CT molecular complexity index is 930. The largest absolute Gasteiger partial charge is 0.496 e. The third-order valence-corrected chi connectivity index (χ3v) is 4.60. The molecule has 0 unspecified atom stereocenters. The summed E-state index contributed by atoms with van der Waals surface area (Å²) in [6.45, 7) is 1.94. The Balaban J connectivity index is 1.65. The molecule has 0 spiro atoms. The highest BCUT2D eigenvalue weighted by Gasteiger charge is 2.15. The maximum atomic E-state index is 12.1. The quantitative estimate of drug-likeness (QED) is 0.628. The van der Waals surface area contributed by atoms with E-state index in [9.17, 15) is 4.79 Å². The summed E-state index contributed by atoms with van der Waals surface area (Å²) in [6, 6.07) is 12.7. The number of thioether (sulfide) groups is 1. The van der Waals surface area contributed by atoms with Crippen molar-refractivity contribution in [2.75, 3.05) is 18.2 Å². The van der Waals surface area contributed by atoms with Gasteiger partial charge in [0.25, 0.3) is 11.1 Å². The molecule has 3 aromatic rings. The van der Waals surface area contributed by atoms with Gasteiger partial charge in [-0.2, -0.15) is 0 Å². The molecule has 0 aliphatic heterocycles. The number of methoxy groups -OCH3 is 1. The Morgan fingerprint density at radius 3 is 2.85 bits per heavy atom. The second-order valence-electron chi connectivity index (χ2n) is 5.37. The number of anilines is 1. The zero-order valence-electron chi connectivity index (χ0n) is 14.2. The van der Waals surface area contributed by atoms with Crippen LogP contribution in [0.5, 0.6) is 5.75 Å². The number of carbonyl (C=O) groups is 1. The molecule has 1 aromatic heterocycles. The number of nitrogens with zero attached hydrogens (tertiary/aromatic N) is 2. The van der Waals surface area contributed by atoms with Gasteiger partial charge in [0.15, 0.2) is 0 Å². The Morgan fingerprint density at radius 1 is 1.27 bits per heavy atom. The van der Waals surface area contributed by atoms with Crippen LogP contribution in [-0.4, -0.2) is 29.0 Å². The first-order valence-corrected chi connectivity index (χ1v) is 9.09. The van der Waals surface area contributed by atoms with E-state index in [-0.39, 0.29) is 17.6 Å². The average Bonchev–Trinajstić information content (AvgIpc) is 3.11. The molecule has 26 heavy (non-hydrogen) atoms. The Labute approximate surface area is 159 Å². The predicted molar refractivity (Wildman–Crippen MR) is 102 cm³/mol. The normalized spacial score (nSPS) is 10.6. The van der Waals surface area contributed by atoms with E-state index in [4.69, 9.17) is 20.8 Å². The minimum atomic E-state index is -0.149. The molecule has 2 aromatic carbocycles. The molecule has 0 fully saturated rings. The lowest BCUT2D eigenvalue weighted by Crippen LogP contribution is -2.14. The van der Waals surface area contributed by atoms with E-state index >= 15 is 0 Å². The van der Waals surface area contributed by atoms with Crippen molar-refractivity contribution < 1.29 is 13.9 Å². The highest BCUT2D eigenvalue weighted by Crippen LogP contribution is 2.33. The highest BCUT2D eigenvalue weighted by atomic mass is 35.5. The summed E-state index contributed by atoms with van der Waals surface area (Å²) < 4.78 is 10.9. The van der Waals surface area contributed by atoms with Gasteiger partial charge in [0.1, 0.15) is 5.75 Å². The summed E-state index contributed by atoms with van der Waals surface area (Å²) in [5.41, 5.74) is 2.38.